The second-order valence-electron chi connectivity index (χ2n) is 5.27. The highest BCUT2D eigenvalue weighted by Crippen LogP contribution is 2.27. The van der Waals surface area contributed by atoms with Gasteiger partial charge in [-0.3, -0.25) is 0 Å². The maximum absolute atomic E-state index is 3.83. The van der Waals surface area contributed by atoms with Gasteiger partial charge in [0.05, 0.1) is 0 Å². The molecule has 1 heterocycles. The van der Waals surface area contributed by atoms with Gasteiger partial charge in [0, 0.05) is 17.0 Å². The first-order chi connectivity index (χ1) is 8.10. The van der Waals surface area contributed by atoms with E-state index in [-0.39, 0.29) is 0 Å². The molecule has 0 aromatic carbocycles. The predicted octanol–water partition coefficient (Wildman–Crippen LogP) is 4.86. The second kappa shape index (κ2) is 7.17. The normalized spacial score (nSPS) is 15.5. The van der Waals surface area contributed by atoms with Crippen LogP contribution in [0, 0.1) is 11.8 Å². The van der Waals surface area contributed by atoms with Crippen LogP contribution in [0.5, 0.6) is 0 Å². The molecule has 1 aromatic heterocycles. The van der Waals surface area contributed by atoms with Crippen LogP contribution in [-0.4, -0.2) is 6.04 Å². The molecule has 1 rings (SSSR count). The van der Waals surface area contributed by atoms with Gasteiger partial charge in [0.2, 0.25) is 0 Å². The molecule has 0 aliphatic heterocycles. The molecule has 0 saturated carbocycles. The maximum atomic E-state index is 3.83. The van der Waals surface area contributed by atoms with Crippen LogP contribution in [-0.2, 0) is 0 Å². The van der Waals surface area contributed by atoms with Crippen molar-refractivity contribution in [2.75, 3.05) is 0 Å². The summed E-state index contributed by atoms with van der Waals surface area (Å²) in [5.74, 6) is 1.43. The third kappa shape index (κ3) is 4.11. The second-order valence-corrected chi connectivity index (χ2v) is 6.25. The van der Waals surface area contributed by atoms with E-state index in [1.54, 1.807) is 0 Å². The molecule has 1 aromatic rings. The molecular formula is C15H27NS. The lowest BCUT2D eigenvalue weighted by molar-refractivity contribution is 0.291. The Morgan fingerprint density at radius 3 is 2.24 bits per heavy atom. The van der Waals surface area contributed by atoms with Crippen molar-refractivity contribution in [3.8, 4) is 0 Å². The van der Waals surface area contributed by atoms with E-state index in [0.29, 0.717) is 18.0 Å². The fourth-order valence-electron chi connectivity index (χ4n) is 2.49. The molecular weight excluding hydrogens is 226 g/mol. The summed E-state index contributed by atoms with van der Waals surface area (Å²) in [5.41, 5.74) is 0. The van der Waals surface area contributed by atoms with Crippen molar-refractivity contribution in [2.24, 2.45) is 11.8 Å². The quantitative estimate of drug-likeness (QED) is 0.732. The first-order valence-electron chi connectivity index (χ1n) is 6.89. The zero-order valence-corrected chi connectivity index (χ0v) is 12.7. The predicted molar refractivity (Wildman–Crippen MR) is 78.6 cm³/mol. The maximum Gasteiger partial charge on any atom is 0.0440 e. The highest BCUT2D eigenvalue weighted by Gasteiger charge is 2.22. The standard InChI is InChI=1S/C15H27NS/c1-6-13(7-2)12(5)16-15(11(3)4)14-9-8-10-17-14/h8-13,15-16H,6-7H2,1-5H3. The minimum Gasteiger partial charge on any atom is -0.306 e. The Balaban J connectivity index is 2.68. The van der Waals surface area contributed by atoms with Gasteiger partial charge in [-0.15, -0.1) is 11.3 Å². The van der Waals surface area contributed by atoms with Gasteiger partial charge in [0.25, 0.3) is 0 Å². The Hall–Kier alpha value is -0.340. The van der Waals surface area contributed by atoms with E-state index in [9.17, 15) is 0 Å². The molecule has 1 N–H and O–H groups in total. The van der Waals surface area contributed by atoms with Gasteiger partial charge in [-0.2, -0.15) is 0 Å². The summed E-state index contributed by atoms with van der Waals surface area (Å²) in [6, 6.07) is 5.51. The van der Waals surface area contributed by atoms with Crippen LogP contribution >= 0.6 is 11.3 Å². The van der Waals surface area contributed by atoms with Gasteiger partial charge in [0.1, 0.15) is 0 Å². The summed E-state index contributed by atoms with van der Waals surface area (Å²) >= 11 is 1.87. The molecule has 0 bridgehead atoms. The molecule has 1 nitrogen and oxygen atoms in total. The summed E-state index contributed by atoms with van der Waals surface area (Å²) in [6.45, 7) is 11.5. The van der Waals surface area contributed by atoms with E-state index in [0.717, 1.165) is 5.92 Å². The number of thiophene rings is 1. The fraction of sp³-hybridized carbons (Fsp3) is 0.733. The number of hydrogen-bond acceptors (Lipinski definition) is 2. The molecule has 2 heteroatoms. The monoisotopic (exact) mass is 253 g/mol. The minimum atomic E-state index is 0.505. The molecule has 17 heavy (non-hydrogen) atoms. The van der Waals surface area contributed by atoms with Gasteiger partial charge in [-0.05, 0) is 30.2 Å². The Morgan fingerprint density at radius 2 is 1.82 bits per heavy atom. The molecule has 0 amide bonds. The molecule has 98 valence electrons. The number of hydrogen-bond donors (Lipinski definition) is 1. The summed E-state index contributed by atoms with van der Waals surface area (Å²) in [4.78, 5) is 1.47. The molecule has 0 radical (unpaired) electrons. The topological polar surface area (TPSA) is 12.0 Å². The molecule has 0 aliphatic rings. The summed E-state index contributed by atoms with van der Waals surface area (Å²) in [7, 11) is 0. The molecule has 2 atom stereocenters. The SMILES string of the molecule is CCC(CC)C(C)NC(c1cccs1)C(C)C. The largest absolute Gasteiger partial charge is 0.306 e. The zero-order chi connectivity index (χ0) is 12.8. The van der Waals surface area contributed by atoms with Crippen LogP contribution in [0.4, 0.5) is 0 Å². The zero-order valence-electron chi connectivity index (χ0n) is 11.9. The van der Waals surface area contributed by atoms with Gasteiger partial charge >= 0.3 is 0 Å². The van der Waals surface area contributed by atoms with Crippen LogP contribution in [0.2, 0.25) is 0 Å². The van der Waals surface area contributed by atoms with Crippen LogP contribution in [0.15, 0.2) is 17.5 Å². The lowest BCUT2D eigenvalue weighted by Crippen LogP contribution is -2.37. The summed E-state index contributed by atoms with van der Waals surface area (Å²) in [6.07, 6.45) is 2.53. The van der Waals surface area contributed by atoms with Crippen molar-refractivity contribution >= 4 is 11.3 Å². The van der Waals surface area contributed by atoms with Crippen molar-refractivity contribution in [3.63, 3.8) is 0 Å². The van der Waals surface area contributed by atoms with E-state index in [2.05, 4.69) is 57.4 Å². The Kier molecular flexibility index (Phi) is 6.21. The first kappa shape index (κ1) is 14.7. The lowest BCUT2D eigenvalue weighted by Gasteiger charge is -2.30. The van der Waals surface area contributed by atoms with Crippen LogP contribution in [0.25, 0.3) is 0 Å². The average Bonchev–Trinajstić information content (AvgIpc) is 2.80. The Bertz CT molecular complexity index is 288. The number of rotatable bonds is 7. The van der Waals surface area contributed by atoms with Crippen molar-refractivity contribution in [3.05, 3.63) is 22.4 Å². The fourth-order valence-corrected chi connectivity index (χ4v) is 3.44. The van der Waals surface area contributed by atoms with Crippen molar-refractivity contribution < 1.29 is 0 Å². The van der Waals surface area contributed by atoms with Gasteiger partial charge in [-0.1, -0.05) is 46.6 Å². The van der Waals surface area contributed by atoms with Crippen LogP contribution in [0.3, 0.4) is 0 Å². The van der Waals surface area contributed by atoms with Crippen molar-refractivity contribution in [1.29, 1.82) is 0 Å². The highest BCUT2D eigenvalue weighted by atomic mass is 32.1. The summed E-state index contributed by atoms with van der Waals surface area (Å²) < 4.78 is 0. The third-order valence-corrected chi connectivity index (χ3v) is 4.67. The third-order valence-electron chi connectivity index (χ3n) is 3.71. The van der Waals surface area contributed by atoms with Crippen LogP contribution in [0.1, 0.15) is 58.4 Å². The van der Waals surface area contributed by atoms with Crippen molar-refractivity contribution in [1.82, 2.24) is 5.32 Å². The van der Waals surface area contributed by atoms with E-state index in [4.69, 9.17) is 0 Å². The smallest absolute Gasteiger partial charge is 0.0440 e. The van der Waals surface area contributed by atoms with E-state index >= 15 is 0 Å². The summed E-state index contributed by atoms with van der Waals surface area (Å²) in [5, 5.41) is 6.01. The Morgan fingerprint density at radius 1 is 1.18 bits per heavy atom. The van der Waals surface area contributed by atoms with Crippen LogP contribution < -0.4 is 5.32 Å². The van der Waals surface area contributed by atoms with Crippen molar-refractivity contribution in [2.45, 2.75) is 59.5 Å². The van der Waals surface area contributed by atoms with E-state index in [1.165, 1.54) is 17.7 Å². The highest BCUT2D eigenvalue weighted by molar-refractivity contribution is 7.10. The Labute approximate surface area is 111 Å². The van der Waals surface area contributed by atoms with Gasteiger partial charge in [0.15, 0.2) is 0 Å². The molecule has 0 spiro atoms. The molecule has 2 unspecified atom stereocenters. The lowest BCUT2D eigenvalue weighted by atomic mass is 9.93. The van der Waals surface area contributed by atoms with Gasteiger partial charge < -0.3 is 5.32 Å². The first-order valence-corrected chi connectivity index (χ1v) is 7.77. The number of nitrogens with one attached hydrogen (secondary N) is 1. The minimum absolute atomic E-state index is 0.505. The van der Waals surface area contributed by atoms with E-state index < -0.39 is 0 Å². The van der Waals surface area contributed by atoms with Gasteiger partial charge in [-0.25, -0.2) is 0 Å². The molecule has 0 fully saturated rings. The average molecular weight is 253 g/mol. The molecule has 0 aliphatic carbocycles. The van der Waals surface area contributed by atoms with E-state index in [1.807, 2.05) is 11.3 Å². The molecule has 0 saturated heterocycles.